The number of anilines is 2. The first-order chi connectivity index (χ1) is 20.7. The van der Waals surface area contributed by atoms with Crippen LogP contribution >= 0.6 is 11.6 Å². The molecule has 1 N–H and O–H groups in total. The number of nitrogens with zero attached hydrogens (tertiary/aromatic N) is 2. The zero-order chi connectivity index (χ0) is 30.0. The molecule has 212 valence electrons. The molecule has 3 aliphatic rings. The predicted octanol–water partition coefficient (Wildman–Crippen LogP) is 6.49. The molecule has 1 spiro atoms. The number of carbonyl (C=O) groups excluding carboxylic acids is 3. The van der Waals surface area contributed by atoms with Gasteiger partial charge in [0.25, 0.3) is 5.69 Å². The second-order valence-electron chi connectivity index (χ2n) is 11.0. The first-order valence-corrected chi connectivity index (χ1v) is 14.2. The van der Waals surface area contributed by atoms with Crippen molar-refractivity contribution in [1.29, 1.82) is 0 Å². The highest BCUT2D eigenvalue weighted by Gasteiger charge is 2.70. The molecule has 1 fully saturated rings. The number of nitrogens with one attached hydrogen (secondary N) is 1. The van der Waals surface area contributed by atoms with Crippen LogP contribution in [0.15, 0.2) is 103 Å². The number of nitro groups is 1. The summed E-state index contributed by atoms with van der Waals surface area (Å²) >= 11 is 6.58. The summed E-state index contributed by atoms with van der Waals surface area (Å²) in [4.78, 5) is 56.7. The first kappa shape index (κ1) is 26.8. The number of non-ortho nitro benzene ring substituents is 1. The lowest BCUT2D eigenvalue weighted by molar-refractivity contribution is -0.384. The average molecular weight is 590 g/mol. The largest absolute Gasteiger partial charge is 0.352 e. The minimum absolute atomic E-state index is 0.160. The van der Waals surface area contributed by atoms with E-state index in [1.165, 1.54) is 24.3 Å². The Balaban J connectivity index is 1.54. The summed E-state index contributed by atoms with van der Waals surface area (Å²) in [5.41, 5.74) is 2.49. The highest BCUT2D eigenvalue weighted by molar-refractivity contribution is 6.34. The number of fused-ring (bicyclic) bond motifs is 6. The summed E-state index contributed by atoms with van der Waals surface area (Å²) in [7, 11) is 0. The monoisotopic (exact) mass is 589 g/mol. The van der Waals surface area contributed by atoms with E-state index in [9.17, 15) is 24.5 Å². The summed E-state index contributed by atoms with van der Waals surface area (Å²) in [5, 5.41) is 14.6. The molecular weight excluding hydrogens is 566 g/mol. The summed E-state index contributed by atoms with van der Waals surface area (Å²) < 4.78 is 0. The fraction of sp³-hybridized carbons (Fsp3) is 0.147. The van der Waals surface area contributed by atoms with Gasteiger partial charge in [-0.3, -0.25) is 24.5 Å². The molecule has 7 rings (SSSR count). The van der Waals surface area contributed by atoms with Crippen LogP contribution in [0.3, 0.4) is 0 Å². The third kappa shape index (κ3) is 3.73. The van der Waals surface area contributed by atoms with E-state index in [1.807, 2.05) is 60.4 Å². The van der Waals surface area contributed by atoms with Gasteiger partial charge in [-0.25, -0.2) is 0 Å². The molecule has 4 aromatic carbocycles. The van der Waals surface area contributed by atoms with Crippen LogP contribution in [0.2, 0.25) is 5.02 Å². The minimum Gasteiger partial charge on any atom is -0.352 e. The van der Waals surface area contributed by atoms with Crippen molar-refractivity contribution in [1.82, 2.24) is 0 Å². The zero-order valence-electron chi connectivity index (χ0n) is 22.9. The predicted molar refractivity (Wildman–Crippen MR) is 164 cm³/mol. The van der Waals surface area contributed by atoms with Gasteiger partial charge < -0.3 is 10.2 Å². The summed E-state index contributed by atoms with van der Waals surface area (Å²) in [6.07, 6.45) is 1.97. The van der Waals surface area contributed by atoms with Crippen molar-refractivity contribution in [2.45, 2.75) is 24.4 Å². The molecule has 0 aromatic heterocycles. The third-order valence-electron chi connectivity index (χ3n) is 8.94. The molecule has 0 saturated carbocycles. The van der Waals surface area contributed by atoms with Gasteiger partial charge in [0.2, 0.25) is 5.91 Å². The second kappa shape index (κ2) is 9.74. The Morgan fingerprint density at radius 2 is 1.58 bits per heavy atom. The molecule has 43 heavy (non-hydrogen) atoms. The third-order valence-corrected chi connectivity index (χ3v) is 9.27. The molecule has 1 saturated heterocycles. The molecule has 9 heteroatoms. The van der Waals surface area contributed by atoms with Crippen molar-refractivity contribution in [3.05, 3.63) is 141 Å². The molecule has 1 amide bonds. The van der Waals surface area contributed by atoms with Gasteiger partial charge in [-0.15, -0.1) is 0 Å². The standard InChI is InChI=1S/C34H24ClN3O5/c1-19-18-28-34(24-10-4-6-12-26(24)36-33(34)41)29(32(40)23-9-2-5-11-25(23)35)30(37(28)27-13-7-3-8-22(19)27)31(39)20-14-16-21(17-15-20)38(42)43/h2-18,28-30H,1H3,(H,36,41)/t28-,29+,30-,34+/m0/s1. The second-order valence-corrected chi connectivity index (χ2v) is 11.4. The number of allylic oxidation sites excluding steroid dienone is 1. The lowest BCUT2D eigenvalue weighted by Gasteiger charge is -2.39. The molecule has 3 heterocycles. The van der Waals surface area contributed by atoms with Crippen LogP contribution in [0, 0.1) is 16.0 Å². The maximum absolute atomic E-state index is 14.9. The number of ketones is 2. The van der Waals surface area contributed by atoms with Crippen molar-refractivity contribution < 1.29 is 19.3 Å². The van der Waals surface area contributed by atoms with E-state index < -0.39 is 39.9 Å². The molecule has 0 aliphatic carbocycles. The van der Waals surface area contributed by atoms with Crippen molar-refractivity contribution in [2.24, 2.45) is 5.92 Å². The number of carbonyl (C=O) groups is 3. The molecule has 3 aliphatic heterocycles. The topological polar surface area (TPSA) is 110 Å². The minimum atomic E-state index is -1.48. The number of para-hydroxylation sites is 2. The van der Waals surface area contributed by atoms with E-state index in [0.717, 1.165) is 16.8 Å². The van der Waals surface area contributed by atoms with Crippen molar-refractivity contribution in [2.75, 3.05) is 10.2 Å². The van der Waals surface area contributed by atoms with Gasteiger partial charge in [-0.1, -0.05) is 66.2 Å². The van der Waals surface area contributed by atoms with Gasteiger partial charge in [0.15, 0.2) is 11.6 Å². The molecule has 4 aromatic rings. The van der Waals surface area contributed by atoms with Crippen molar-refractivity contribution >= 4 is 51.7 Å². The van der Waals surface area contributed by atoms with E-state index in [-0.39, 0.29) is 27.7 Å². The number of benzene rings is 4. The van der Waals surface area contributed by atoms with Crippen LogP contribution < -0.4 is 10.2 Å². The van der Waals surface area contributed by atoms with E-state index in [4.69, 9.17) is 11.6 Å². The SMILES string of the molecule is CC1=C[C@@H]2N(c3ccccc31)[C@H](C(=O)c1ccc([N+](=O)[O-])cc1)[C@H](C(=O)c1ccccc1Cl)[C@]21C(=O)Nc2ccccc21. The fourth-order valence-corrected chi connectivity index (χ4v) is 7.36. The smallest absolute Gasteiger partial charge is 0.269 e. The van der Waals surface area contributed by atoms with Crippen LogP contribution in [0.4, 0.5) is 17.1 Å². The molecule has 4 atom stereocenters. The van der Waals surface area contributed by atoms with Gasteiger partial charge in [-0.05, 0) is 54.5 Å². The highest BCUT2D eigenvalue weighted by Crippen LogP contribution is 2.59. The molecule has 0 unspecified atom stereocenters. The highest BCUT2D eigenvalue weighted by atomic mass is 35.5. The Labute approximate surface area is 251 Å². The number of nitro benzene ring substituents is 1. The number of hydrogen-bond donors (Lipinski definition) is 1. The lowest BCUT2D eigenvalue weighted by atomic mass is 9.64. The van der Waals surface area contributed by atoms with E-state index in [1.54, 1.807) is 30.3 Å². The van der Waals surface area contributed by atoms with Gasteiger partial charge >= 0.3 is 0 Å². The Morgan fingerprint density at radius 1 is 0.907 bits per heavy atom. The number of hydrogen-bond acceptors (Lipinski definition) is 6. The lowest BCUT2D eigenvalue weighted by Crippen LogP contribution is -2.51. The van der Waals surface area contributed by atoms with E-state index in [2.05, 4.69) is 5.32 Å². The maximum atomic E-state index is 14.9. The average Bonchev–Trinajstić information content (AvgIpc) is 3.49. The molecule has 0 radical (unpaired) electrons. The Hall–Kier alpha value is -5.08. The van der Waals surface area contributed by atoms with Crippen LogP contribution in [-0.4, -0.2) is 34.5 Å². The van der Waals surface area contributed by atoms with Crippen molar-refractivity contribution in [3.8, 4) is 0 Å². The van der Waals surface area contributed by atoms with Gasteiger partial charge in [0.05, 0.1) is 21.9 Å². The Morgan fingerprint density at radius 3 is 2.33 bits per heavy atom. The Bertz CT molecular complexity index is 1900. The van der Waals surface area contributed by atoms with Crippen LogP contribution in [-0.2, 0) is 10.2 Å². The maximum Gasteiger partial charge on any atom is 0.269 e. The summed E-state index contributed by atoms with van der Waals surface area (Å²) in [6.45, 7) is 1.96. The number of Topliss-reactive ketones (excluding diaryl/α,β-unsaturated/α-hetero) is 2. The number of rotatable bonds is 5. The van der Waals surface area contributed by atoms with Crippen LogP contribution in [0.5, 0.6) is 0 Å². The normalized spacial score (nSPS) is 23.2. The Kier molecular flexibility index (Phi) is 6.07. The van der Waals surface area contributed by atoms with E-state index >= 15 is 0 Å². The van der Waals surface area contributed by atoms with Crippen LogP contribution in [0.1, 0.15) is 38.8 Å². The number of amides is 1. The summed E-state index contributed by atoms with van der Waals surface area (Å²) in [6, 6.07) is 25.0. The molecule has 0 bridgehead atoms. The summed E-state index contributed by atoms with van der Waals surface area (Å²) in [5.74, 6) is -2.44. The van der Waals surface area contributed by atoms with Gasteiger partial charge in [0.1, 0.15) is 11.5 Å². The van der Waals surface area contributed by atoms with Crippen molar-refractivity contribution in [3.63, 3.8) is 0 Å². The zero-order valence-corrected chi connectivity index (χ0v) is 23.6. The fourth-order valence-electron chi connectivity index (χ4n) is 7.13. The molecular formula is C34H24ClN3O5. The van der Waals surface area contributed by atoms with E-state index in [0.29, 0.717) is 11.3 Å². The van der Waals surface area contributed by atoms with Gasteiger partial charge in [-0.2, -0.15) is 0 Å². The number of halogens is 1. The first-order valence-electron chi connectivity index (χ1n) is 13.8. The molecule has 8 nitrogen and oxygen atoms in total. The quantitative estimate of drug-likeness (QED) is 0.162. The van der Waals surface area contributed by atoms with Gasteiger partial charge in [0, 0.05) is 40.2 Å². The van der Waals surface area contributed by atoms with Crippen LogP contribution in [0.25, 0.3) is 5.57 Å².